The van der Waals surface area contributed by atoms with Crippen molar-refractivity contribution in [1.82, 2.24) is 24.8 Å². The highest BCUT2D eigenvalue weighted by Gasteiger charge is 2.31. The molecule has 0 spiro atoms. The Balaban J connectivity index is 1.38. The zero-order valence-electron chi connectivity index (χ0n) is 22.1. The average Bonchev–Trinajstić information content (AvgIpc) is 3.76. The molecular formula is C30H29N7O3. The molecule has 10 nitrogen and oxygen atoms in total. The van der Waals surface area contributed by atoms with Crippen LogP contribution in [0.1, 0.15) is 45.9 Å². The summed E-state index contributed by atoms with van der Waals surface area (Å²) in [7, 11) is 1.60. The average molecular weight is 536 g/mol. The van der Waals surface area contributed by atoms with Gasteiger partial charge in [0.1, 0.15) is 11.6 Å². The fraction of sp³-hybridized carbons (Fsp3) is 0.267. The Labute approximate surface area is 230 Å². The second kappa shape index (κ2) is 10.1. The molecule has 0 aliphatic carbocycles. The molecule has 3 aromatic heterocycles. The molecule has 5 heterocycles. The van der Waals surface area contributed by atoms with Crippen LogP contribution in [-0.2, 0) is 17.8 Å². The molecule has 10 heteroatoms. The van der Waals surface area contributed by atoms with E-state index in [1.165, 1.54) is 11.1 Å². The molecule has 40 heavy (non-hydrogen) atoms. The summed E-state index contributed by atoms with van der Waals surface area (Å²) < 4.78 is 12.8. The second-order valence-electron chi connectivity index (χ2n) is 10.2. The molecule has 0 atom stereocenters. The zero-order chi connectivity index (χ0) is 27.1. The van der Waals surface area contributed by atoms with E-state index in [0.717, 1.165) is 48.6 Å². The molecule has 1 fully saturated rings. The standard InChI is InChI=1S/C30H29N7O3/c1-39-24-8-4-7-23(13-24)33-30(38)28-27(19-9-11-40-12-10-19)29-34-26(36-17-20-5-2-3-6-21(20)18-36)14-25(37(29)35-28)22-15-31-32-16-22/h2-8,13-16,19H,9-12,17-18H2,1H3,(H,31,32)(H,33,38). The first-order chi connectivity index (χ1) is 19.7. The summed E-state index contributed by atoms with van der Waals surface area (Å²) in [6.07, 6.45) is 5.19. The first-order valence-electron chi connectivity index (χ1n) is 13.5. The van der Waals surface area contributed by atoms with E-state index in [4.69, 9.17) is 19.6 Å². The molecule has 7 rings (SSSR count). The van der Waals surface area contributed by atoms with Crippen LogP contribution in [0.15, 0.2) is 67.0 Å². The van der Waals surface area contributed by atoms with Crippen LogP contribution < -0.4 is 15.0 Å². The van der Waals surface area contributed by atoms with E-state index < -0.39 is 0 Å². The lowest BCUT2D eigenvalue weighted by Crippen LogP contribution is -2.20. The summed E-state index contributed by atoms with van der Waals surface area (Å²) >= 11 is 0. The van der Waals surface area contributed by atoms with E-state index in [0.29, 0.717) is 36.0 Å². The van der Waals surface area contributed by atoms with Crippen molar-refractivity contribution in [2.45, 2.75) is 31.8 Å². The molecule has 0 saturated carbocycles. The van der Waals surface area contributed by atoms with Gasteiger partial charge in [-0.15, -0.1) is 0 Å². The van der Waals surface area contributed by atoms with Crippen molar-refractivity contribution >= 4 is 23.1 Å². The predicted molar refractivity (Wildman–Crippen MR) is 151 cm³/mol. The minimum Gasteiger partial charge on any atom is -0.497 e. The van der Waals surface area contributed by atoms with Crippen molar-refractivity contribution in [1.29, 1.82) is 0 Å². The topological polar surface area (TPSA) is 110 Å². The van der Waals surface area contributed by atoms with Crippen molar-refractivity contribution in [3.05, 3.63) is 89.4 Å². The highest BCUT2D eigenvalue weighted by molar-refractivity contribution is 6.05. The Morgan fingerprint density at radius 1 is 1.07 bits per heavy atom. The number of H-pyrrole nitrogens is 1. The van der Waals surface area contributed by atoms with Crippen LogP contribution in [0.4, 0.5) is 11.5 Å². The first-order valence-corrected chi connectivity index (χ1v) is 13.5. The number of rotatable bonds is 6. The van der Waals surface area contributed by atoms with Gasteiger partial charge in [0, 0.05) is 61.4 Å². The normalized spacial score (nSPS) is 15.4. The molecule has 2 aliphatic heterocycles. The Kier molecular flexibility index (Phi) is 6.16. The number of amides is 1. The minimum absolute atomic E-state index is 0.0908. The van der Waals surface area contributed by atoms with Crippen molar-refractivity contribution < 1.29 is 14.3 Å². The number of hydrogen-bond acceptors (Lipinski definition) is 7. The number of ether oxygens (including phenoxy) is 2. The van der Waals surface area contributed by atoms with Gasteiger partial charge in [-0.3, -0.25) is 9.89 Å². The number of fused-ring (bicyclic) bond motifs is 2. The molecule has 1 amide bonds. The van der Waals surface area contributed by atoms with Gasteiger partial charge in [-0.05, 0) is 42.0 Å². The largest absolute Gasteiger partial charge is 0.497 e. The van der Waals surface area contributed by atoms with E-state index in [-0.39, 0.29) is 11.8 Å². The summed E-state index contributed by atoms with van der Waals surface area (Å²) in [6, 6.07) is 17.8. The Bertz CT molecular complexity index is 1660. The van der Waals surface area contributed by atoms with E-state index in [2.05, 4.69) is 44.7 Å². The van der Waals surface area contributed by atoms with E-state index >= 15 is 0 Å². The maximum atomic E-state index is 13.8. The fourth-order valence-corrected chi connectivity index (χ4v) is 5.70. The summed E-state index contributed by atoms with van der Waals surface area (Å²) in [5.41, 5.74) is 6.83. The van der Waals surface area contributed by atoms with Gasteiger partial charge in [0.2, 0.25) is 0 Å². The number of carbonyl (C=O) groups excluding carboxylic acids is 1. The molecule has 202 valence electrons. The first kappa shape index (κ1) is 24.3. The number of nitrogens with zero attached hydrogens (tertiary/aromatic N) is 5. The van der Waals surface area contributed by atoms with Gasteiger partial charge in [0.25, 0.3) is 5.91 Å². The van der Waals surface area contributed by atoms with Crippen molar-refractivity contribution in [3.8, 4) is 17.0 Å². The Hall–Kier alpha value is -4.70. The third-order valence-corrected chi connectivity index (χ3v) is 7.74. The number of methoxy groups -OCH3 is 1. The molecular weight excluding hydrogens is 506 g/mol. The molecule has 0 unspecified atom stereocenters. The number of aromatic nitrogens is 5. The van der Waals surface area contributed by atoms with Crippen LogP contribution in [0.25, 0.3) is 16.9 Å². The van der Waals surface area contributed by atoms with Gasteiger partial charge in [-0.1, -0.05) is 30.3 Å². The number of nitrogens with one attached hydrogen (secondary N) is 2. The number of carbonyl (C=O) groups is 1. The zero-order valence-corrected chi connectivity index (χ0v) is 22.1. The molecule has 2 aromatic carbocycles. The van der Waals surface area contributed by atoms with Crippen molar-refractivity contribution in [3.63, 3.8) is 0 Å². The predicted octanol–water partition coefficient (Wildman–Crippen LogP) is 4.79. The van der Waals surface area contributed by atoms with Gasteiger partial charge in [-0.25, -0.2) is 9.50 Å². The van der Waals surface area contributed by atoms with E-state index in [1.54, 1.807) is 23.9 Å². The highest BCUT2D eigenvalue weighted by Crippen LogP contribution is 2.37. The van der Waals surface area contributed by atoms with E-state index in [9.17, 15) is 4.79 Å². The Morgan fingerprint density at radius 3 is 2.60 bits per heavy atom. The van der Waals surface area contributed by atoms with Gasteiger partial charge in [0.15, 0.2) is 11.3 Å². The quantitative estimate of drug-likeness (QED) is 0.322. The SMILES string of the molecule is COc1cccc(NC(=O)c2nn3c(-c4cn[nH]c4)cc(N4Cc5ccccc5C4)nc3c2C2CCOCC2)c1. The van der Waals surface area contributed by atoms with Gasteiger partial charge >= 0.3 is 0 Å². The molecule has 2 aliphatic rings. The monoisotopic (exact) mass is 535 g/mol. The fourth-order valence-electron chi connectivity index (χ4n) is 5.70. The van der Waals surface area contributed by atoms with Crippen molar-refractivity contribution in [2.75, 3.05) is 30.5 Å². The Morgan fingerprint density at radius 2 is 1.88 bits per heavy atom. The van der Waals surface area contributed by atoms with Gasteiger partial charge in [-0.2, -0.15) is 10.2 Å². The maximum Gasteiger partial charge on any atom is 0.276 e. The van der Waals surface area contributed by atoms with E-state index in [1.807, 2.05) is 30.5 Å². The van der Waals surface area contributed by atoms with Gasteiger partial charge in [0.05, 0.1) is 19.0 Å². The number of hydrogen-bond donors (Lipinski definition) is 2. The third-order valence-electron chi connectivity index (χ3n) is 7.74. The van der Waals surface area contributed by atoms with Crippen LogP contribution >= 0.6 is 0 Å². The smallest absolute Gasteiger partial charge is 0.276 e. The maximum absolute atomic E-state index is 13.8. The van der Waals surface area contributed by atoms with Crippen LogP contribution in [-0.4, -0.2) is 51.0 Å². The van der Waals surface area contributed by atoms with Gasteiger partial charge < -0.3 is 19.7 Å². The number of anilines is 2. The lowest BCUT2D eigenvalue weighted by molar-refractivity contribution is 0.0848. The van der Waals surface area contributed by atoms with Crippen LogP contribution in [0.2, 0.25) is 0 Å². The summed E-state index contributed by atoms with van der Waals surface area (Å²) in [4.78, 5) is 21.3. The summed E-state index contributed by atoms with van der Waals surface area (Å²) in [5.74, 6) is 1.31. The second-order valence-corrected chi connectivity index (χ2v) is 10.2. The van der Waals surface area contributed by atoms with Crippen LogP contribution in [0.5, 0.6) is 5.75 Å². The third kappa shape index (κ3) is 4.36. The lowest BCUT2D eigenvalue weighted by Gasteiger charge is -2.23. The molecule has 5 aromatic rings. The molecule has 0 radical (unpaired) electrons. The minimum atomic E-state index is -0.284. The number of aromatic amines is 1. The van der Waals surface area contributed by atoms with Crippen LogP contribution in [0.3, 0.4) is 0 Å². The molecule has 1 saturated heterocycles. The van der Waals surface area contributed by atoms with Crippen molar-refractivity contribution in [2.24, 2.45) is 0 Å². The summed E-state index contributed by atoms with van der Waals surface area (Å²) in [5, 5.41) is 15.0. The summed E-state index contributed by atoms with van der Waals surface area (Å²) in [6.45, 7) is 2.81. The highest BCUT2D eigenvalue weighted by atomic mass is 16.5. The number of benzene rings is 2. The molecule has 2 N–H and O–H groups in total. The molecule has 0 bridgehead atoms. The van der Waals surface area contributed by atoms with Crippen LogP contribution in [0, 0.1) is 0 Å². The lowest BCUT2D eigenvalue weighted by atomic mass is 9.91.